The van der Waals surface area contributed by atoms with E-state index in [0.29, 0.717) is 27.3 Å². The molecule has 3 rings (SSSR count). The van der Waals surface area contributed by atoms with Gasteiger partial charge in [-0.15, -0.1) is 0 Å². The molecule has 0 N–H and O–H groups in total. The second kappa shape index (κ2) is 10.1. The first-order chi connectivity index (χ1) is 14.0. The molecule has 1 aromatic carbocycles. The van der Waals surface area contributed by atoms with Gasteiger partial charge in [0.05, 0.1) is 18.6 Å². The summed E-state index contributed by atoms with van der Waals surface area (Å²) < 4.78 is 16.3. The minimum Gasteiger partial charge on any atom is -0.493 e. The molecular weight excluding hydrogens is 410 g/mol. The van der Waals surface area contributed by atoms with Crippen molar-refractivity contribution in [1.29, 1.82) is 0 Å². The van der Waals surface area contributed by atoms with Gasteiger partial charge in [0.15, 0.2) is 18.1 Å². The molecule has 1 heterocycles. The van der Waals surface area contributed by atoms with Gasteiger partial charge in [-0.2, -0.15) is 0 Å². The fraction of sp³-hybridized carbons (Fsp3) is 0.476. The zero-order valence-electron chi connectivity index (χ0n) is 16.6. The van der Waals surface area contributed by atoms with Crippen LogP contribution < -0.4 is 9.47 Å². The van der Waals surface area contributed by atoms with Gasteiger partial charge in [0.2, 0.25) is 0 Å². The molecule has 0 bridgehead atoms. The number of esters is 1. The maximum absolute atomic E-state index is 12.9. The first kappa shape index (κ1) is 21.6. The van der Waals surface area contributed by atoms with E-state index >= 15 is 0 Å². The maximum Gasteiger partial charge on any atom is 0.344 e. The van der Waals surface area contributed by atoms with Crippen LogP contribution in [-0.2, 0) is 14.3 Å². The second-order valence-electron chi connectivity index (χ2n) is 6.85. The van der Waals surface area contributed by atoms with E-state index in [9.17, 15) is 9.59 Å². The lowest BCUT2D eigenvalue weighted by Gasteiger charge is -2.29. The third kappa shape index (κ3) is 5.30. The van der Waals surface area contributed by atoms with Gasteiger partial charge in [-0.25, -0.2) is 4.79 Å². The van der Waals surface area contributed by atoms with Crippen molar-refractivity contribution in [3.05, 3.63) is 28.7 Å². The lowest BCUT2D eigenvalue weighted by molar-refractivity contribution is -0.145. The van der Waals surface area contributed by atoms with Crippen LogP contribution in [0.2, 0.25) is 0 Å². The fourth-order valence-electron chi connectivity index (χ4n) is 3.52. The summed E-state index contributed by atoms with van der Waals surface area (Å²) >= 11 is 6.82. The molecule has 1 aliphatic carbocycles. The number of carbonyl (C=O) groups is 2. The third-order valence-electron chi connectivity index (χ3n) is 4.90. The average Bonchev–Trinajstić information content (AvgIpc) is 3.00. The lowest BCUT2D eigenvalue weighted by Crippen LogP contribution is -2.39. The number of rotatable bonds is 7. The van der Waals surface area contributed by atoms with E-state index in [1.54, 1.807) is 24.0 Å². The SMILES string of the molecule is CCOC(=O)COc1ccc(/C=C2/SC(=S)N(C3CCCCC3)C2=O)cc1OC. The first-order valence-electron chi connectivity index (χ1n) is 9.77. The van der Waals surface area contributed by atoms with Crippen molar-refractivity contribution in [2.24, 2.45) is 0 Å². The molecule has 1 saturated carbocycles. The van der Waals surface area contributed by atoms with Crippen LogP contribution >= 0.6 is 24.0 Å². The van der Waals surface area contributed by atoms with Crippen molar-refractivity contribution in [2.45, 2.75) is 45.1 Å². The standard InChI is InChI=1S/C21H25NO5S2/c1-3-26-19(23)13-27-16-10-9-14(11-17(16)25-2)12-18-20(24)22(21(28)29-18)15-7-5-4-6-8-15/h9-12,15H,3-8,13H2,1-2H3/b18-12+. The Morgan fingerprint density at radius 2 is 2.03 bits per heavy atom. The predicted molar refractivity (Wildman–Crippen MR) is 117 cm³/mol. The molecular formula is C21H25NO5S2. The Labute approximate surface area is 180 Å². The summed E-state index contributed by atoms with van der Waals surface area (Å²) in [6.45, 7) is 1.85. The van der Waals surface area contributed by atoms with Gasteiger partial charge in [-0.05, 0) is 43.5 Å². The molecule has 1 aromatic rings. The highest BCUT2D eigenvalue weighted by atomic mass is 32.2. The minimum absolute atomic E-state index is 0.0199. The van der Waals surface area contributed by atoms with Crippen molar-refractivity contribution in [1.82, 2.24) is 4.90 Å². The molecule has 0 atom stereocenters. The number of hydrogen-bond donors (Lipinski definition) is 0. The second-order valence-corrected chi connectivity index (χ2v) is 8.52. The molecule has 0 radical (unpaired) electrons. The van der Waals surface area contributed by atoms with Gasteiger partial charge < -0.3 is 14.2 Å². The summed E-state index contributed by atoms with van der Waals surface area (Å²) in [6.07, 6.45) is 7.36. The lowest BCUT2D eigenvalue weighted by atomic mass is 9.94. The molecule has 0 aromatic heterocycles. The number of nitrogens with zero attached hydrogens (tertiary/aromatic N) is 1. The molecule has 1 amide bonds. The number of methoxy groups -OCH3 is 1. The predicted octanol–water partition coefficient (Wildman–Crippen LogP) is 4.17. The number of ether oxygens (including phenoxy) is 3. The molecule has 2 fully saturated rings. The largest absolute Gasteiger partial charge is 0.493 e. The van der Waals surface area contributed by atoms with Crippen molar-refractivity contribution in [3.63, 3.8) is 0 Å². The molecule has 2 aliphatic rings. The van der Waals surface area contributed by atoms with Crippen LogP contribution in [0.3, 0.4) is 0 Å². The van der Waals surface area contributed by atoms with Crippen LogP contribution in [-0.4, -0.2) is 47.5 Å². The molecule has 6 nitrogen and oxygen atoms in total. The quantitative estimate of drug-likeness (QED) is 0.362. The highest BCUT2D eigenvalue weighted by Gasteiger charge is 2.37. The highest BCUT2D eigenvalue weighted by molar-refractivity contribution is 8.26. The van der Waals surface area contributed by atoms with E-state index in [4.69, 9.17) is 26.4 Å². The molecule has 0 unspecified atom stereocenters. The van der Waals surface area contributed by atoms with Crippen LogP contribution in [0, 0.1) is 0 Å². The topological polar surface area (TPSA) is 65.1 Å². The van der Waals surface area contributed by atoms with Gasteiger partial charge in [-0.1, -0.05) is 49.3 Å². The zero-order valence-corrected chi connectivity index (χ0v) is 18.3. The number of hydrogen-bond acceptors (Lipinski definition) is 7. The Morgan fingerprint density at radius 1 is 1.28 bits per heavy atom. The van der Waals surface area contributed by atoms with Crippen molar-refractivity contribution in [3.8, 4) is 11.5 Å². The van der Waals surface area contributed by atoms with Crippen molar-refractivity contribution < 1.29 is 23.8 Å². The molecule has 1 aliphatic heterocycles. The smallest absolute Gasteiger partial charge is 0.344 e. The zero-order chi connectivity index (χ0) is 20.8. The number of thiocarbonyl (C=S) groups is 1. The number of thioether (sulfide) groups is 1. The first-order valence-corrected chi connectivity index (χ1v) is 11.0. The third-order valence-corrected chi connectivity index (χ3v) is 6.23. The summed E-state index contributed by atoms with van der Waals surface area (Å²) in [5.74, 6) is 0.455. The summed E-state index contributed by atoms with van der Waals surface area (Å²) in [4.78, 5) is 26.8. The van der Waals surface area contributed by atoms with Crippen molar-refractivity contribution in [2.75, 3.05) is 20.3 Å². The van der Waals surface area contributed by atoms with Crippen LogP contribution in [0.15, 0.2) is 23.1 Å². The van der Waals surface area contributed by atoms with Crippen LogP contribution in [0.25, 0.3) is 6.08 Å². The molecule has 8 heteroatoms. The highest BCUT2D eigenvalue weighted by Crippen LogP contribution is 2.38. The van der Waals surface area contributed by atoms with Gasteiger partial charge in [-0.3, -0.25) is 9.69 Å². The van der Waals surface area contributed by atoms with Crippen LogP contribution in [0.4, 0.5) is 0 Å². The van der Waals surface area contributed by atoms with E-state index in [-0.39, 0.29) is 18.6 Å². The summed E-state index contributed by atoms with van der Waals surface area (Å²) in [6, 6.07) is 5.52. The van der Waals surface area contributed by atoms with Crippen LogP contribution in [0.1, 0.15) is 44.6 Å². The van der Waals surface area contributed by atoms with Crippen LogP contribution in [0.5, 0.6) is 11.5 Å². The maximum atomic E-state index is 12.9. The van der Waals surface area contributed by atoms with E-state index < -0.39 is 5.97 Å². The minimum atomic E-state index is -0.440. The van der Waals surface area contributed by atoms with E-state index in [2.05, 4.69) is 0 Å². The molecule has 0 spiro atoms. The van der Waals surface area contributed by atoms with E-state index in [0.717, 1.165) is 31.2 Å². The monoisotopic (exact) mass is 435 g/mol. The van der Waals surface area contributed by atoms with Gasteiger partial charge in [0.1, 0.15) is 4.32 Å². The molecule has 29 heavy (non-hydrogen) atoms. The normalized spacial score (nSPS) is 19.0. The van der Waals surface area contributed by atoms with Gasteiger partial charge in [0.25, 0.3) is 5.91 Å². The molecule has 1 saturated heterocycles. The number of amides is 1. The number of carbonyl (C=O) groups excluding carboxylic acids is 2. The van der Waals surface area contributed by atoms with E-state index in [1.807, 2.05) is 12.1 Å². The molecule has 156 valence electrons. The average molecular weight is 436 g/mol. The fourth-order valence-corrected chi connectivity index (χ4v) is 4.92. The Hall–Kier alpha value is -2.06. The van der Waals surface area contributed by atoms with E-state index in [1.165, 1.54) is 25.3 Å². The summed E-state index contributed by atoms with van der Waals surface area (Å²) in [5, 5.41) is 0. The van der Waals surface area contributed by atoms with Gasteiger partial charge >= 0.3 is 5.97 Å². The Balaban J connectivity index is 1.73. The summed E-state index contributed by atoms with van der Waals surface area (Å²) in [7, 11) is 1.53. The Kier molecular flexibility index (Phi) is 7.55. The summed E-state index contributed by atoms with van der Waals surface area (Å²) in [5.41, 5.74) is 0.800. The Bertz CT molecular complexity index is 817. The number of benzene rings is 1. The Morgan fingerprint density at radius 3 is 2.72 bits per heavy atom. The van der Waals surface area contributed by atoms with Gasteiger partial charge in [0, 0.05) is 6.04 Å². The van der Waals surface area contributed by atoms with Crippen molar-refractivity contribution >= 4 is 46.3 Å².